The average molecular weight is 246 g/mol. The van der Waals surface area contributed by atoms with Crippen LogP contribution in [0.2, 0.25) is 0 Å². The van der Waals surface area contributed by atoms with Crippen LogP contribution in [-0.4, -0.2) is 41.9 Å². The maximum atomic E-state index is 9.86. The Bertz CT molecular complexity index is 442. The number of ether oxygens (including phenoxy) is 1. The van der Waals surface area contributed by atoms with E-state index in [4.69, 9.17) is 10.00 Å². The minimum atomic E-state index is -0.431. The highest BCUT2D eigenvalue weighted by Crippen LogP contribution is 2.18. The molecule has 0 aliphatic carbocycles. The molecule has 1 aliphatic heterocycles. The second-order valence-electron chi connectivity index (χ2n) is 4.52. The molecule has 2 atom stereocenters. The van der Waals surface area contributed by atoms with Crippen LogP contribution in [0.4, 0.5) is 0 Å². The van der Waals surface area contributed by atoms with Crippen LogP contribution in [0.5, 0.6) is 0 Å². The number of rotatable bonds is 4. The van der Waals surface area contributed by atoms with Crippen molar-refractivity contribution < 1.29 is 9.84 Å². The Hall–Kier alpha value is -1.41. The number of likely N-dealkylation sites (tertiary alicyclic amines) is 1. The van der Waals surface area contributed by atoms with Gasteiger partial charge in [-0.2, -0.15) is 5.26 Å². The number of nitrogens with zero attached hydrogens (tertiary/aromatic N) is 2. The smallest absolute Gasteiger partial charge is 0.0995 e. The molecule has 2 rings (SSSR count). The number of hydrogen-bond acceptors (Lipinski definition) is 4. The van der Waals surface area contributed by atoms with Gasteiger partial charge in [0.1, 0.15) is 0 Å². The van der Waals surface area contributed by atoms with Crippen LogP contribution in [0, 0.1) is 11.3 Å². The van der Waals surface area contributed by atoms with Gasteiger partial charge in [0, 0.05) is 26.2 Å². The summed E-state index contributed by atoms with van der Waals surface area (Å²) in [6.07, 6.45) is -0.538. The third-order valence-electron chi connectivity index (χ3n) is 3.23. The van der Waals surface area contributed by atoms with Gasteiger partial charge < -0.3 is 9.84 Å². The summed E-state index contributed by atoms with van der Waals surface area (Å²) in [6.45, 7) is 4.55. The first kappa shape index (κ1) is 13.0. The van der Waals surface area contributed by atoms with Crippen molar-refractivity contribution in [2.75, 3.05) is 19.7 Å². The van der Waals surface area contributed by atoms with E-state index in [1.165, 1.54) is 0 Å². The van der Waals surface area contributed by atoms with Gasteiger partial charge >= 0.3 is 0 Å². The summed E-state index contributed by atoms with van der Waals surface area (Å²) in [5, 5.41) is 18.9. The molecule has 1 heterocycles. The second kappa shape index (κ2) is 5.96. The summed E-state index contributed by atoms with van der Waals surface area (Å²) in [4.78, 5) is 2.13. The van der Waals surface area contributed by atoms with E-state index in [1.807, 2.05) is 31.2 Å². The van der Waals surface area contributed by atoms with Crippen molar-refractivity contribution >= 4 is 0 Å². The molecule has 0 unspecified atom stereocenters. The van der Waals surface area contributed by atoms with E-state index in [0.29, 0.717) is 25.3 Å². The van der Waals surface area contributed by atoms with Crippen molar-refractivity contribution in [2.45, 2.75) is 25.7 Å². The molecule has 4 nitrogen and oxygen atoms in total. The molecule has 1 saturated heterocycles. The van der Waals surface area contributed by atoms with Crippen molar-refractivity contribution in [1.82, 2.24) is 4.90 Å². The van der Waals surface area contributed by atoms with Crippen molar-refractivity contribution in [3.05, 3.63) is 35.4 Å². The van der Waals surface area contributed by atoms with Gasteiger partial charge in [-0.1, -0.05) is 18.2 Å². The number of aliphatic hydroxyl groups excluding tert-OH is 1. The molecule has 0 radical (unpaired) electrons. The fourth-order valence-electron chi connectivity index (χ4n) is 2.35. The maximum Gasteiger partial charge on any atom is 0.0995 e. The van der Waals surface area contributed by atoms with Crippen molar-refractivity contribution in [1.29, 1.82) is 5.26 Å². The molecule has 96 valence electrons. The number of hydrogen-bond donors (Lipinski definition) is 1. The van der Waals surface area contributed by atoms with Crippen molar-refractivity contribution in [2.24, 2.45) is 0 Å². The largest absolute Gasteiger partial charge is 0.389 e. The summed E-state index contributed by atoms with van der Waals surface area (Å²) in [7, 11) is 0. The molecule has 0 aromatic heterocycles. The van der Waals surface area contributed by atoms with Gasteiger partial charge in [0.15, 0.2) is 0 Å². The summed E-state index contributed by atoms with van der Waals surface area (Å²) in [5.41, 5.74) is 1.70. The van der Waals surface area contributed by atoms with Crippen LogP contribution in [-0.2, 0) is 11.3 Å². The fourth-order valence-corrected chi connectivity index (χ4v) is 2.35. The first-order valence-electron chi connectivity index (χ1n) is 6.24. The molecule has 1 N–H and O–H groups in total. The van der Waals surface area contributed by atoms with Gasteiger partial charge in [-0.25, -0.2) is 0 Å². The van der Waals surface area contributed by atoms with Gasteiger partial charge in [0.05, 0.1) is 23.8 Å². The Kier molecular flexibility index (Phi) is 4.32. The molecule has 18 heavy (non-hydrogen) atoms. The molecular weight excluding hydrogens is 228 g/mol. The molecule has 0 bridgehead atoms. The Balaban J connectivity index is 2.01. The van der Waals surface area contributed by atoms with Crippen molar-refractivity contribution in [3.8, 4) is 6.07 Å². The minimum absolute atomic E-state index is 0.107. The van der Waals surface area contributed by atoms with E-state index in [0.717, 1.165) is 12.1 Å². The van der Waals surface area contributed by atoms with Crippen LogP contribution < -0.4 is 0 Å². The van der Waals surface area contributed by atoms with Gasteiger partial charge in [-0.05, 0) is 18.6 Å². The fraction of sp³-hybridized carbons (Fsp3) is 0.500. The Morgan fingerprint density at radius 3 is 2.94 bits per heavy atom. The SMILES string of the molecule is CCO[C@H]1CN(Cc2ccccc2C#N)C[C@@H]1O. The predicted octanol–water partition coefficient (Wildman–Crippen LogP) is 1.14. The van der Waals surface area contributed by atoms with E-state index >= 15 is 0 Å². The molecular formula is C14H18N2O2. The first-order valence-corrected chi connectivity index (χ1v) is 6.24. The van der Waals surface area contributed by atoms with E-state index < -0.39 is 6.10 Å². The van der Waals surface area contributed by atoms with Crippen LogP contribution in [0.15, 0.2) is 24.3 Å². The van der Waals surface area contributed by atoms with E-state index in [1.54, 1.807) is 0 Å². The van der Waals surface area contributed by atoms with Crippen LogP contribution in [0.3, 0.4) is 0 Å². The molecule has 1 aromatic carbocycles. The number of aliphatic hydroxyl groups is 1. The topological polar surface area (TPSA) is 56.5 Å². The Morgan fingerprint density at radius 2 is 2.22 bits per heavy atom. The summed E-state index contributed by atoms with van der Waals surface area (Å²) in [6, 6.07) is 9.77. The lowest BCUT2D eigenvalue weighted by Crippen LogP contribution is -2.26. The lowest BCUT2D eigenvalue weighted by Gasteiger charge is -2.16. The van der Waals surface area contributed by atoms with Gasteiger partial charge in [-0.15, -0.1) is 0 Å². The molecule has 1 fully saturated rings. The van der Waals surface area contributed by atoms with E-state index in [9.17, 15) is 5.11 Å². The first-order chi connectivity index (χ1) is 8.74. The third kappa shape index (κ3) is 2.88. The van der Waals surface area contributed by atoms with Crippen LogP contribution in [0.1, 0.15) is 18.1 Å². The Morgan fingerprint density at radius 1 is 1.44 bits per heavy atom. The van der Waals surface area contributed by atoms with Gasteiger partial charge in [0.2, 0.25) is 0 Å². The molecule has 0 amide bonds. The van der Waals surface area contributed by atoms with Gasteiger partial charge in [0.25, 0.3) is 0 Å². The quantitative estimate of drug-likeness (QED) is 0.865. The lowest BCUT2D eigenvalue weighted by atomic mass is 10.1. The highest BCUT2D eigenvalue weighted by Gasteiger charge is 2.31. The lowest BCUT2D eigenvalue weighted by molar-refractivity contribution is -0.00245. The highest BCUT2D eigenvalue weighted by molar-refractivity contribution is 5.37. The number of benzene rings is 1. The monoisotopic (exact) mass is 246 g/mol. The van der Waals surface area contributed by atoms with Crippen LogP contribution >= 0.6 is 0 Å². The maximum absolute atomic E-state index is 9.86. The summed E-state index contributed by atoms with van der Waals surface area (Å²) >= 11 is 0. The predicted molar refractivity (Wildman–Crippen MR) is 67.9 cm³/mol. The summed E-state index contributed by atoms with van der Waals surface area (Å²) in [5.74, 6) is 0. The minimum Gasteiger partial charge on any atom is -0.389 e. The number of nitriles is 1. The molecule has 1 aromatic rings. The molecule has 0 saturated carbocycles. The van der Waals surface area contributed by atoms with Gasteiger partial charge in [-0.3, -0.25) is 4.90 Å². The standard InChI is InChI=1S/C14H18N2O2/c1-2-18-14-10-16(9-13(14)17)8-12-6-4-3-5-11(12)7-15/h3-6,13-14,17H,2,8-10H2,1H3/t13-,14-/m0/s1. The average Bonchev–Trinajstić information content (AvgIpc) is 2.71. The zero-order chi connectivity index (χ0) is 13.0. The second-order valence-corrected chi connectivity index (χ2v) is 4.52. The molecule has 4 heteroatoms. The third-order valence-corrected chi connectivity index (χ3v) is 3.23. The number of β-amino-alcohol motifs (C(OH)–C–C–N with tert-alkyl or cyclic N) is 1. The molecule has 0 spiro atoms. The van der Waals surface area contributed by atoms with E-state index in [2.05, 4.69) is 11.0 Å². The molecule has 1 aliphatic rings. The summed E-state index contributed by atoms with van der Waals surface area (Å²) < 4.78 is 5.48. The zero-order valence-corrected chi connectivity index (χ0v) is 10.5. The Labute approximate surface area is 107 Å². The van der Waals surface area contributed by atoms with E-state index in [-0.39, 0.29) is 6.10 Å². The van der Waals surface area contributed by atoms with Crippen molar-refractivity contribution in [3.63, 3.8) is 0 Å². The zero-order valence-electron chi connectivity index (χ0n) is 10.5. The highest BCUT2D eigenvalue weighted by atomic mass is 16.5. The normalized spacial score (nSPS) is 24.1. The van der Waals surface area contributed by atoms with Crippen LogP contribution in [0.25, 0.3) is 0 Å².